The lowest BCUT2D eigenvalue weighted by molar-refractivity contribution is 0.0697. The zero-order valence-electron chi connectivity index (χ0n) is 23.3. The van der Waals surface area contributed by atoms with Crippen LogP contribution in [0.25, 0.3) is 55.9 Å². The largest absolute Gasteiger partial charge is 0.478 e. The SMILES string of the molecule is O=C(O)c1ccccc1-c1ccc(-c2nc3ccccc3c(=O)n2Cc2ccc(-c3ccccc3-c3nn[nH]n3)cc2)cc1. The summed E-state index contributed by atoms with van der Waals surface area (Å²) in [4.78, 5) is 30.5. The number of tetrazole rings is 1. The zero-order valence-corrected chi connectivity index (χ0v) is 23.3. The van der Waals surface area contributed by atoms with Gasteiger partial charge in [0.2, 0.25) is 5.82 Å². The van der Waals surface area contributed by atoms with Crippen molar-refractivity contribution >= 4 is 16.9 Å². The summed E-state index contributed by atoms with van der Waals surface area (Å²) < 4.78 is 1.69. The molecule has 2 N–H and O–H groups in total. The van der Waals surface area contributed by atoms with Crippen molar-refractivity contribution in [3.05, 3.63) is 143 Å². The van der Waals surface area contributed by atoms with Crippen LogP contribution in [0.1, 0.15) is 15.9 Å². The van der Waals surface area contributed by atoms with Gasteiger partial charge >= 0.3 is 5.97 Å². The highest BCUT2D eigenvalue weighted by molar-refractivity contribution is 5.96. The fraction of sp³-hybridized carbons (Fsp3) is 0.0286. The van der Waals surface area contributed by atoms with Crippen molar-refractivity contribution in [2.45, 2.75) is 6.54 Å². The van der Waals surface area contributed by atoms with Crippen molar-refractivity contribution in [2.24, 2.45) is 0 Å². The molecule has 5 aromatic carbocycles. The molecule has 0 amide bonds. The van der Waals surface area contributed by atoms with Crippen LogP contribution in [-0.4, -0.2) is 41.3 Å². The second-order valence-electron chi connectivity index (χ2n) is 10.2. The minimum Gasteiger partial charge on any atom is -0.478 e. The molecular weight excluding hydrogens is 552 g/mol. The lowest BCUT2D eigenvalue weighted by atomic mass is 9.98. The quantitative estimate of drug-likeness (QED) is 0.227. The first kappa shape index (κ1) is 26.7. The Bertz CT molecular complexity index is 2190. The average Bonchev–Trinajstić information content (AvgIpc) is 3.62. The molecule has 0 bridgehead atoms. The number of carboxylic acids is 1. The molecule has 2 aromatic heterocycles. The van der Waals surface area contributed by atoms with E-state index in [1.807, 2.05) is 97.1 Å². The number of nitrogens with one attached hydrogen (secondary N) is 1. The number of carbonyl (C=O) groups is 1. The maximum Gasteiger partial charge on any atom is 0.336 e. The molecule has 44 heavy (non-hydrogen) atoms. The Kier molecular flexibility index (Phi) is 6.80. The van der Waals surface area contributed by atoms with E-state index in [-0.39, 0.29) is 11.1 Å². The number of hydrogen-bond acceptors (Lipinski definition) is 6. The number of fused-ring (bicyclic) bond motifs is 1. The Hall–Kier alpha value is -6.22. The number of benzene rings is 5. The third-order valence-corrected chi connectivity index (χ3v) is 7.59. The van der Waals surface area contributed by atoms with Crippen LogP contribution in [0.3, 0.4) is 0 Å². The van der Waals surface area contributed by atoms with Crippen LogP contribution < -0.4 is 5.56 Å². The van der Waals surface area contributed by atoms with E-state index in [9.17, 15) is 14.7 Å². The summed E-state index contributed by atoms with van der Waals surface area (Å²) in [5, 5.41) is 24.7. The van der Waals surface area contributed by atoms with E-state index in [2.05, 4.69) is 20.6 Å². The van der Waals surface area contributed by atoms with Gasteiger partial charge in [0.05, 0.1) is 23.0 Å². The fourth-order valence-electron chi connectivity index (χ4n) is 5.43. The molecule has 7 rings (SSSR count). The van der Waals surface area contributed by atoms with Gasteiger partial charge < -0.3 is 5.11 Å². The second kappa shape index (κ2) is 11.2. The highest BCUT2D eigenvalue weighted by Gasteiger charge is 2.16. The van der Waals surface area contributed by atoms with E-state index in [1.54, 1.807) is 28.8 Å². The van der Waals surface area contributed by atoms with Gasteiger partial charge in [-0.1, -0.05) is 103 Å². The number of rotatable bonds is 7. The first-order chi connectivity index (χ1) is 21.6. The van der Waals surface area contributed by atoms with Crippen LogP contribution in [0.5, 0.6) is 0 Å². The smallest absolute Gasteiger partial charge is 0.336 e. The van der Waals surface area contributed by atoms with E-state index < -0.39 is 5.97 Å². The van der Waals surface area contributed by atoms with Gasteiger partial charge in [-0.05, 0) is 51.2 Å². The van der Waals surface area contributed by atoms with Crippen LogP contribution in [0.15, 0.2) is 126 Å². The number of para-hydroxylation sites is 1. The molecule has 0 atom stereocenters. The van der Waals surface area contributed by atoms with Gasteiger partial charge in [-0.25, -0.2) is 9.78 Å². The highest BCUT2D eigenvalue weighted by atomic mass is 16.4. The first-order valence-electron chi connectivity index (χ1n) is 13.9. The van der Waals surface area contributed by atoms with Gasteiger partial charge in [-0.2, -0.15) is 5.21 Å². The second-order valence-corrected chi connectivity index (χ2v) is 10.2. The Labute approximate surface area is 251 Å². The molecule has 0 aliphatic heterocycles. The normalized spacial score (nSPS) is 11.1. The van der Waals surface area contributed by atoms with Gasteiger partial charge in [0.1, 0.15) is 5.82 Å². The number of H-pyrrole nitrogens is 1. The van der Waals surface area contributed by atoms with Crippen LogP contribution in [-0.2, 0) is 6.54 Å². The van der Waals surface area contributed by atoms with E-state index in [0.29, 0.717) is 34.7 Å². The summed E-state index contributed by atoms with van der Waals surface area (Å²) in [6.07, 6.45) is 0. The zero-order chi connectivity index (χ0) is 30.0. The number of carboxylic acid groups (broad SMARTS) is 1. The van der Waals surface area contributed by atoms with Crippen LogP contribution in [0, 0.1) is 0 Å². The molecule has 9 heteroatoms. The maximum absolute atomic E-state index is 13.8. The monoisotopic (exact) mass is 576 g/mol. The molecule has 7 aromatic rings. The van der Waals surface area contributed by atoms with Gasteiger partial charge in [0.15, 0.2) is 0 Å². The van der Waals surface area contributed by atoms with Crippen molar-refractivity contribution in [1.29, 1.82) is 0 Å². The van der Waals surface area contributed by atoms with Crippen molar-refractivity contribution in [3.8, 4) is 45.0 Å². The van der Waals surface area contributed by atoms with Crippen molar-refractivity contribution < 1.29 is 9.90 Å². The van der Waals surface area contributed by atoms with Gasteiger partial charge in [-0.15, -0.1) is 10.2 Å². The number of nitrogens with zero attached hydrogens (tertiary/aromatic N) is 5. The van der Waals surface area contributed by atoms with E-state index in [1.165, 1.54) is 0 Å². The van der Waals surface area contributed by atoms with Crippen LogP contribution in [0.4, 0.5) is 0 Å². The van der Waals surface area contributed by atoms with Gasteiger partial charge in [0.25, 0.3) is 5.56 Å². The Morgan fingerprint density at radius 3 is 2.05 bits per heavy atom. The van der Waals surface area contributed by atoms with Crippen molar-refractivity contribution in [3.63, 3.8) is 0 Å². The van der Waals surface area contributed by atoms with Crippen LogP contribution in [0.2, 0.25) is 0 Å². The maximum atomic E-state index is 13.8. The standard InChI is InChI=1S/C35H24N6O3/c42-34-30-11-5-6-12-31(30)36-33(25-19-17-24(18-20-25)27-8-2-4-10-29(27)35(43)44)41(34)21-22-13-15-23(16-14-22)26-7-1-3-9-28(26)32-37-39-40-38-32/h1-20H,21H2,(H,43,44)(H,37,38,39,40). The molecule has 9 nitrogen and oxygen atoms in total. The Morgan fingerprint density at radius 1 is 0.705 bits per heavy atom. The minimum atomic E-state index is -0.987. The lowest BCUT2D eigenvalue weighted by Gasteiger charge is -2.15. The molecule has 0 unspecified atom stereocenters. The number of aromatic amines is 1. The molecule has 2 heterocycles. The average molecular weight is 577 g/mol. The number of hydrogen-bond donors (Lipinski definition) is 2. The molecule has 0 saturated heterocycles. The summed E-state index contributed by atoms with van der Waals surface area (Å²) in [5.41, 5.74) is 6.56. The summed E-state index contributed by atoms with van der Waals surface area (Å²) in [6, 6.07) is 37.6. The molecule has 0 radical (unpaired) electrons. The third kappa shape index (κ3) is 4.92. The lowest BCUT2D eigenvalue weighted by Crippen LogP contribution is -2.24. The predicted molar refractivity (Wildman–Crippen MR) is 168 cm³/mol. The minimum absolute atomic E-state index is 0.141. The fourth-order valence-corrected chi connectivity index (χ4v) is 5.43. The molecule has 0 aliphatic rings. The Morgan fingerprint density at radius 2 is 1.32 bits per heavy atom. The molecular formula is C35H24N6O3. The van der Waals surface area contributed by atoms with E-state index in [0.717, 1.165) is 33.4 Å². The van der Waals surface area contributed by atoms with Crippen molar-refractivity contribution in [2.75, 3.05) is 0 Å². The first-order valence-corrected chi connectivity index (χ1v) is 13.9. The summed E-state index contributed by atoms with van der Waals surface area (Å²) >= 11 is 0. The molecule has 0 spiro atoms. The van der Waals surface area contributed by atoms with Gasteiger partial charge in [-0.3, -0.25) is 9.36 Å². The molecule has 212 valence electrons. The predicted octanol–water partition coefficient (Wildman–Crippen LogP) is 6.32. The Balaban J connectivity index is 1.27. The topological polar surface area (TPSA) is 127 Å². The highest BCUT2D eigenvalue weighted by Crippen LogP contribution is 2.31. The third-order valence-electron chi connectivity index (χ3n) is 7.59. The molecule has 0 saturated carbocycles. The number of aromatic nitrogens is 6. The van der Waals surface area contributed by atoms with Gasteiger partial charge in [0, 0.05) is 11.1 Å². The van der Waals surface area contributed by atoms with E-state index in [4.69, 9.17) is 4.98 Å². The molecule has 0 fully saturated rings. The summed E-state index contributed by atoms with van der Waals surface area (Å²) in [6.45, 7) is 0.308. The molecule has 0 aliphatic carbocycles. The van der Waals surface area contributed by atoms with Crippen molar-refractivity contribution in [1.82, 2.24) is 30.2 Å². The summed E-state index contributed by atoms with van der Waals surface area (Å²) in [5.74, 6) is 0.0536. The number of aromatic carboxylic acids is 1. The van der Waals surface area contributed by atoms with Crippen LogP contribution >= 0.6 is 0 Å². The van der Waals surface area contributed by atoms with E-state index >= 15 is 0 Å². The summed E-state index contributed by atoms with van der Waals surface area (Å²) in [7, 11) is 0.